The highest BCUT2D eigenvalue weighted by molar-refractivity contribution is 6.21. The highest BCUT2D eigenvalue weighted by atomic mass is 16.5. The van der Waals surface area contributed by atoms with Gasteiger partial charge in [0.15, 0.2) is 0 Å². The number of hydrogen-bond acceptors (Lipinski definition) is 6. The second-order valence-electron chi connectivity index (χ2n) is 8.43. The number of rotatable bonds is 10. The summed E-state index contributed by atoms with van der Waals surface area (Å²) in [6.45, 7) is -0.0645. The number of imide groups is 1. The highest BCUT2D eigenvalue weighted by Crippen LogP contribution is 2.25. The number of carboxylic acid groups (broad SMARTS) is 1. The smallest absolute Gasteiger partial charge is 0.309 e. The summed E-state index contributed by atoms with van der Waals surface area (Å²) in [7, 11) is 1.56. The van der Waals surface area contributed by atoms with Crippen molar-refractivity contribution in [3.05, 3.63) is 83.6 Å². The van der Waals surface area contributed by atoms with E-state index >= 15 is 0 Å². The maximum atomic E-state index is 12.5. The summed E-state index contributed by atoms with van der Waals surface area (Å²) in [5.41, 5.74) is 3.52. The Morgan fingerprint density at radius 3 is 2.11 bits per heavy atom. The van der Waals surface area contributed by atoms with E-state index in [0.29, 0.717) is 23.4 Å². The molecule has 35 heavy (non-hydrogen) atoms. The second kappa shape index (κ2) is 10.5. The first-order valence-corrected chi connectivity index (χ1v) is 11.3. The zero-order chi connectivity index (χ0) is 24.9. The van der Waals surface area contributed by atoms with Gasteiger partial charge in [0.1, 0.15) is 0 Å². The van der Waals surface area contributed by atoms with E-state index < -0.39 is 29.8 Å². The number of carboxylic acids is 1. The molecule has 3 aromatic rings. The van der Waals surface area contributed by atoms with Crippen LogP contribution in [0.3, 0.4) is 0 Å². The quantitative estimate of drug-likeness (QED) is 0.432. The third-order valence-electron chi connectivity index (χ3n) is 6.29. The summed E-state index contributed by atoms with van der Waals surface area (Å²) in [5.74, 6) is -2.58. The van der Waals surface area contributed by atoms with Gasteiger partial charge in [0, 0.05) is 24.4 Å². The maximum absolute atomic E-state index is 12.5. The summed E-state index contributed by atoms with van der Waals surface area (Å²) in [5, 5.41) is 20.3. The molecule has 2 N–H and O–H groups in total. The van der Waals surface area contributed by atoms with Crippen molar-refractivity contribution in [3.8, 4) is 17.0 Å². The maximum Gasteiger partial charge on any atom is 0.309 e. The van der Waals surface area contributed by atoms with E-state index in [0.717, 1.165) is 21.6 Å². The molecule has 0 bridgehead atoms. The van der Waals surface area contributed by atoms with Crippen LogP contribution < -0.4 is 4.74 Å². The van der Waals surface area contributed by atoms with Gasteiger partial charge >= 0.3 is 5.97 Å². The normalized spacial score (nSPS) is 14.5. The van der Waals surface area contributed by atoms with Crippen molar-refractivity contribution >= 4 is 17.8 Å². The van der Waals surface area contributed by atoms with E-state index in [2.05, 4.69) is 4.98 Å². The first-order valence-electron chi connectivity index (χ1n) is 11.3. The SMILES string of the molecule is COc1ccc(-c2ccc(CC[C@H](O)[C@@H](CCN3C(=O)c4ccccc4C3=O)C(=O)O)cc2)cn1. The molecule has 0 saturated heterocycles. The van der Waals surface area contributed by atoms with Crippen molar-refractivity contribution in [2.24, 2.45) is 5.92 Å². The lowest BCUT2D eigenvalue weighted by Gasteiger charge is -2.22. The largest absolute Gasteiger partial charge is 0.481 e. The Balaban J connectivity index is 1.33. The van der Waals surface area contributed by atoms with E-state index in [1.165, 1.54) is 0 Å². The molecule has 1 aliphatic rings. The number of aliphatic hydroxyl groups is 1. The predicted molar refractivity (Wildman–Crippen MR) is 128 cm³/mol. The van der Waals surface area contributed by atoms with Crippen molar-refractivity contribution < 1.29 is 29.3 Å². The molecule has 2 heterocycles. The minimum atomic E-state index is -1.16. The van der Waals surface area contributed by atoms with E-state index in [4.69, 9.17) is 4.74 Å². The number of carbonyl (C=O) groups excluding carboxylic acids is 2. The van der Waals surface area contributed by atoms with Crippen molar-refractivity contribution in [1.29, 1.82) is 0 Å². The van der Waals surface area contributed by atoms with Gasteiger partial charge in [-0.2, -0.15) is 0 Å². The molecule has 2 aromatic carbocycles. The van der Waals surface area contributed by atoms with Gasteiger partial charge in [0.2, 0.25) is 5.88 Å². The molecule has 8 nitrogen and oxygen atoms in total. The first kappa shape index (κ1) is 24.1. The molecule has 1 aliphatic heterocycles. The molecule has 180 valence electrons. The van der Waals surface area contributed by atoms with Crippen LogP contribution in [0.4, 0.5) is 0 Å². The Kier molecular flexibility index (Phi) is 7.22. The number of aliphatic carboxylic acids is 1. The minimum Gasteiger partial charge on any atom is -0.481 e. The molecular formula is C27H26N2O6. The van der Waals surface area contributed by atoms with Crippen LogP contribution in [0.25, 0.3) is 11.1 Å². The zero-order valence-electron chi connectivity index (χ0n) is 19.3. The lowest BCUT2D eigenvalue weighted by Crippen LogP contribution is -2.36. The molecule has 0 spiro atoms. The number of aliphatic hydroxyl groups excluding tert-OH is 1. The number of fused-ring (bicyclic) bond motifs is 1. The molecule has 2 atom stereocenters. The average molecular weight is 475 g/mol. The highest BCUT2D eigenvalue weighted by Gasteiger charge is 2.36. The average Bonchev–Trinajstić information content (AvgIpc) is 3.12. The van der Waals surface area contributed by atoms with Gasteiger partial charge in [-0.1, -0.05) is 36.4 Å². The molecule has 0 radical (unpaired) electrons. The number of aromatic nitrogens is 1. The Morgan fingerprint density at radius 2 is 1.57 bits per heavy atom. The van der Waals surface area contributed by atoms with Crippen LogP contribution >= 0.6 is 0 Å². The topological polar surface area (TPSA) is 117 Å². The number of carbonyl (C=O) groups is 3. The number of amides is 2. The van der Waals surface area contributed by atoms with Gasteiger partial charge in [0.05, 0.1) is 30.3 Å². The van der Waals surface area contributed by atoms with Crippen LogP contribution in [-0.2, 0) is 11.2 Å². The molecule has 4 rings (SSSR count). The van der Waals surface area contributed by atoms with Gasteiger partial charge in [-0.25, -0.2) is 4.98 Å². The van der Waals surface area contributed by atoms with Gasteiger partial charge in [-0.3, -0.25) is 19.3 Å². The molecule has 2 amide bonds. The van der Waals surface area contributed by atoms with E-state index in [9.17, 15) is 24.6 Å². The van der Waals surface area contributed by atoms with E-state index in [-0.39, 0.29) is 19.4 Å². The summed E-state index contributed by atoms with van der Waals surface area (Å²) in [6, 6.07) is 18.0. The minimum absolute atomic E-state index is 0.0224. The fourth-order valence-electron chi connectivity index (χ4n) is 4.24. The van der Waals surface area contributed by atoms with Crippen molar-refractivity contribution in [2.75, 3.05) is 13.7 Å². The van der Waals surface area contributed by atoms with Crippen LogP contribution in [0.1, 0.15) is 39.1 Å². The Hall–Kier alpha value is -4.04. The van der Waals surface area contributed by atoms with Gasteiger partial charge in [-0.05, 0) is 48.6 Å². The van der Waals surface area contributed by atoms with E-state index in [1.54, 1.807) is 43.6 Å². The van der Waals surface area contributed by atoms with Crippen LogP contribution in [0.15, 0.2) is 66.9 Å². The number of benzene rings is 2. The van der Waals surface area contributed by atoms with Crippen molar-refractivity contribution in [2.45, 2.75) is 25.4 Å². The molecule has 0 saturated carbocycles. The third-order valence-corrected chi connectivity index (χ3v) is 6.29. The summed E-state index contributed by atoms with van der Waals surface area (Å²) in [4.78, 5) is 42.1. The third kappa shape index (κ3) is 5.22. The van der Waals surface area contributed by atoms with E-state index in [1.807, 2.05) is 30.3 Å². The van der Waals surface area contributed by atoms with Gasteiger partial charge in [0.25, 0.3) is 11.8 Å². The van der Waals surface area contributed by atoms with Crippen LogP contribution in [0.2, 0.25) is 0 Å². The van der Waals surface area contributed by atoms with Crippen molar-refractivity contribution in [1.82, 2.24) is 9.88 Å². The number of hydrogen-bond donors (Lipinski definition) is 2. The van der Waals surface area contributed by atoms with Crippen LogP contribution in [0.5, 0.6) is 5.88 Å². The van der Waals surface area contributed by atoms with Crippen LogP contribution in [0, 0.1) is 5.92 Å². The molecular weight excluding hydrogens is 448 g/mol. The van der Waals surface area contributed by atoms with Gasteiger partial charge in [-0.15, -0.1) is 0 Å². The molecule has 1 aromatic heterocycles. The fraction of sp³-hybridized carbons (Fsp3) is 0.259. The predicted octanol–water partition coefficient (Wildman–Crippen LogP) is 3.44. The molecule has 0 unspecified atom stereocenters. The Morgan fingerprint density at radius 1 is 0.943 bits per heavy atom. The van der Waals surface area contributed by atoms with Gasteiger partial charge < -0.3 is 14.9 Å². The monoisotopic (exact) mass is 474 g/mol. The number of nitrogens with zero attached hydrogens (tertiary/aromatic N) is 2. The standard InChI is InChI=1S/C27H26N2O6/c1-35-24-13-11-19(16-28-24)18-9-6-17(7-10-18)8-12-23(30)22(27(33)34)14-15-29-25(31)20-4-2-3-5-21(20)26(29)32/h2-7,9-11,13,16,22-23,30H,8,12,14-15H2,1H3,(H,33,34)/t22-,23+/m1/s1. The number of methoxy groups -OCH3 is 1. The summed E-state index contributed by atoms with van der Waals surface area (Å²) in [6.07, 6.45) is 1.31. The second-order valence-corrected chi connectivity index (χ2v) is 8.43. The zero-order valence-corrected chi connectivity index (χ0v) is 19.3. The number of aryl methyl sites for hydroxylation is 1. The molecule has 8 heteroatoms. The summed E-state index contributed by atoms with van der Waals surface area (Å²) >= 11 is 0. The fourth-order valence-corrected chi connectivity index (χ4v) is 4.24. The molecule has 0 aliphatic carbocycles. The number of ether oxygens (including phenoxy) is 1. The molecule has 0 fully saturated rings. The van der Waals surface area contributed by atoms with Crippen molar-refractivity contribution in [3.63, 3.8) is 0 Å². The lowest BCUT2D eigenvalue weighted by atomic mass is 9.93. The number of pyridine rings is 1. The Bertz CT molecular complexity index is 1190. The Labute approximate surface area is 202 Å². The lowest BCUT2D eigenvalue weighted by molar-refractivity contribution is -0.146. The first-order chi connectivity index (χ1) is 16.9. The van der Waals surface area contributed by atoms with Crippen LogP contribution in [-0.4, -0.2) is 57.6 Å². The summed E-state index contributed by atoms with van der Waals surface area (Å²) < 4.78 is 5.07.